The van der Waals surface area contributed by atoms with Crippen molar-refractivity contribution in [1.82, 2.24) is 4.98 Å². The fourth-order valence-electron chi connectivity index (χ4n) is 1.60. The quantitative estimate of drug-likeness (QED) is 0.552. The van der Waals surface area contributed by atoms with Gasteiger partial charge in [-0.3, -0.25) is 0 Å². The third-order valence-electron chi connectivity index (χ3n) is 2.51. The molecule has 0 unspecified atom stereocenters. The summed E-state index contributed by atoms with van der Waals surface area (Å²) in [4.78, 5) is 5.81. The lowest BCUT2D eigenvalue weighted by Gasteiger charge is -2.26. The molecular formula is C10H17B2NOS. The molecule has 0 aromatic carbocycles. The van der Waals surface area contributed by atoms with Crippen LogP contribution >= 0.6 is 11.3 Å². The number of allylic oxidation sites excluding steroid dienone is 1. The van der Waals surface area contributed by atoms with Crippen LogP contribution in [0, 0.1) is 13.8 Å². The zero-order valence-corrected chi connectivity index (χ0v) is 11.0. The summed E-state index contributed by atoms with van der Waals surface area (Å²) >= 11 is 1.72. The Balaban J connectivity index is 3.04. The number of hydrogen-bond acceptors (Lipinski definition) is 3. The van der Waals surface area contributed by atoms with Gasteiger partial charge in [-0.05, 0) is 20.8 Å². The molecule has 1 aromatic rings. The van der Waals surface area contributed by atoms with Crippen molar-refractivity contribution in [3.8, 4) is 0 Å². The molecule has 0 spiro atoms. The fraction of sp³-hybridized carbons (Fsp3) is 0.500. The summed E-state index contributed by atoms with van der Waals surface area (Å²) in [6.07, 6.45) is 0. The lowest BCUT2D eigenvalue weighted by Crippen LogP contribution is -2.31. The Kier molecular flexibility index (Phi) is 3.66. The topological polar surface area (TPSA) is 22.1 Å². The Morgan fingerprint density at radius 2 is 2.13 bits per heavy atom. The maximum Gasteiger partial charge on any atom is 0.116 e. The standard InChI is InChI=1S/C10H17B2NOS/c1-5-14-7(3)10(11,12)9-6(2)15-8(4)13-9/h3,5,11-12H2,1-2,4H3. The van der Waals surface area contributed by atoms with Gasteiger partial charge in [0.15, 0.2) is 0 Å². The predicted octanol–water partition coefficient (Wildman–Crippen LogP) is 0.729. The molecule has 0 radical (unpaired) electrons. The molecule has 0 amide bonds. The van der Waals surface area contributed by atoms with E-state index in [-0.39, 0.29) is 5.21 Å². The molecule has 2 nitrogen and oxygen atoms in total. The van der Waals surface area contributed by atoms with Crippen LogP contribution in [0.2, 0.25) is 0 Å². The average Bonchev–Trinajstić information content (AvgIpc) is 2.46. The second-order valence-corrected chi connectivity index (χ2v) is 5.53. The minimum Gasteiger partial charge on any atom is -0.499 e. The number of rotatable bonds is 4. The molecule has 0 N–H and O–H groups in total. The van der Waals surface area contributed by atoms with E-state index < -0.39 is 0 Å². The minimum atomic E-state index is -0.204. The summed E-state index contributed by atoms with van der Waals surface area (Å²) in [5.74, 6) is 0.790. The highest BCUT2D eigenvalue weighted by atomic mass is 32.1. The molecule has 0 saturated carbocycles. The predicted molar refractivity (Wildman–Crippen MR) is 71.1 cm³/mol. The second-order valence-electron chi connectivity index (χ2n) is 4.12. The number of thiazole rings is 1. The maximum atomic E-state index is 5.50. The Morgan fingerprint density at radius 3 is 2.53 bits per heavy atom. The van der Waals surface area contributed by atoms with Gasteiger partial charge in [0.1, 0.15) is 15.7 Å². The monoisotopic (exact) mass is 221 g/mol. The van der Waals surface area contributed by atoms with Crippen molar-refractivity contribution in [2.45, 2.75) is 26.0 Å². The lowest BCUT2D eigenvalue weighted by molar-refractivity contribution is 0.215. The molecule has 15 heavy (non-hydrogen) atoms. The van der Waals surface area contributed by atoms with E-state index in [1.807, 2.05) is 13.8 Å². The molecule has 1 heterocycles. The fourth-order valence-corrected chi connectivity index (χ4v) is 2.57. The van der Waals surface area contributed by atoms with E-state index in [0.717, 1.165) is 16.5 Å². The van der Waals surface area contributed by atoms with Gasteiger partial charge in [0.05, 0.1) is 23.1 Å². The zero-order valence-electron chi connectivity index (χ0n) is 10.2. The summed E-state index contributed by atoms with van der Waals surface area (Å²) in [7, 11) is 4.21. The van der Waals surface area contributed by atoms with Gasteiger partial charge in [-0.1, -0.05) is 6.58 Å². The lowest BCUT2D eigenvalue weighted by atomic mass is 9.51. The first-order valence-corrected chi connectivity index (χ1v) is 5.98. The van der Waals surface area contributed by atoms with Gasteiger partial charge in [0.2, 0.25) is 0 Å². The SMILES string of the molecule is BC(B)(C(=C)OCC)c1nc(C)sc1C. The van der Waals surface area contributed by atoms with Crippen molar-refractivity contribution in [1.29, 1.82) is 0 Å². The van der Waals surface area contributed by atoms with Crippen LogP contribution in [0.4, 0.5) is 0 Å². The summed E-state index contributed by atoms with van der Waals surface area (Å²) in [5.41, 5.74) is 1.09. The van der Waals surface area contributed by atoms with Crippen LogP contribution in [0.3, 0.4) is 0 Å². The van der Waals surface area contributed by atoms with Crippen LogP contribution in [0.5, 0.6) is 0 Å². The third-order valence-corrected chi connectivity index (χ3v) is 3.40. The van der Waals surface area contributed by atoms with Crippen molar-refractivity contribution in [3.05, 3.63) is 27.9 Å². The smallest absolute Gasteiger partial charge is 0.116 e. The first kappa shape index (κ1) is 12.4. The molecule has 80 valence electrons. The highest BCUT2D eigenvalue weighted by Crippen LogP contribution is 2.30. The summed E-state index contributed by atoms with van der Waals surface area (Å²) in [6, 6.07) is 0. The van der Waals surface area contributed by atoms with Crippen LogP contribution in [-0.2, 0) is 9.95 Å². The van der Waals surface area contributed by atoms with Crippen LogP contribution in [0.25, 0.3) is 0 Å². The van der Waals surface area contributed by atoms with Crippen molar-refractivity contribution in [2.24, 2.45) is 0 Å². The highest BCUT2D eigenvalue weighted by molar-refractivity contribution is 7.11. The van der Waals surface area contributed by atoms with Gasteiger partial charge in [0, 0.05) is 10.1 Å². The van der Waals surface area contributed by atoms with Crippen molar-refractivity contribution >= 4 is 27.0 Å². The van der Waals surface area contributed by atoms with Gasteiger partial charge in [0.25, 0.3) is 0 Å². The summed E-state index contributed by atoms with van der Waals surface area (Å²) in [5, 5.41) is 0.894. The molecule has 0 bridgehead atoms. The first-order chi connectivity index (χ1) is 6.89. The first-order valence-electron chi connectivity index (χ1n) is 5.16. The third kappa shape index (κ3) is 2.46. The number of nitrogens with zero attached hydrogens (tertiary/aromatic N) is 1. The number of hydrogen-bond donors (Lipinski definition) is 0. The van der Waals surface area contributed by atoms with Gasteiger partial charge in [-0.25, -0.2) is 4.98 Å². The van der Waals surface area contributed by atoms with Crippen molar-refractivity contribution in [3.63, 3.8) is 0 Å². The van der Waals surface area contributed by atoms with Crippen LogP contribution < -0.4 is 0 Å². The molecular weight excluding hydrogens is 204 g/mol. The molecule has 0 atom stereocenters. The molecule has 0 aliphatic rings. The largest absolute Gasteiger partial charge is 0.499 e. The van der Waals surface area contributed by atoms with E-state index in [2.05, 4.69) is 34.2 Å². The Labute approximate surface area is 97.6 Å². The van der Waals surface area contributed by atoms with Gasteiger partial charge >= 0.3 is 0 Å². The van der Waals surface area contributed by atoms with Crippen LogP contribution in [0.15, 0.2) is 12.3 Å². The van der Waals surface area contributed by atoms with E-state index in [1.165, 1.54) is 4.88 Å². The van der Waals surface area contributed by atoms with E-state index in [1.54, 1.807) is 11.3 Å². The second kappa shape index (κ2) is 4.44. The molecule has 0 saturated heterocycles. The molecule has 0 aliphatic carbocycles. The Bertz CT molecular complexity index is 373. The van der Waals surface area contributed by atoms with Crippen molar-refractivity contribution in [2.75, 3.05) is 6.61 Å². The number of ether oxygens (including phenoxy) is 1. The van der Waals surface area contributed by atoms with Crippen molar-refractivity contribution < 1.29 is 4.74 Å². The molecule has 1 aromatic heterocycles. The minimum absolute atomic E-state index is 0.204. The molecule has 0 aliphatic heterocycles. The molecule has 5 heteroatoms. The normalized spacial score (nSPS) is 11.4. The zero-order chi connectivity index (χ0) is 11.6. The summed E-state index contributed by atoms with van der Waals surface area (Å²) in [6.45, 7) is 10.7. The summed E-state index contributed by atoms with van der Waals surface area (Å²) < 4.78 is 5.50. The van der Waals surface area contributed by atoms with E-state index in [0.29, 0.717) is 6.61 Å². The van der Waals surface area contributed by atoms with Gasteiger partial charge < -0.3 is 4.74 Å². The molecule has 1 rings (SSSR count). The van der Waals surface area contributed by atoms with Crippen LogP contribution in [-0.4, -0.2) is 27.3 Å². The van der Waals surface area contributed by atoms with Gasteiger partial charge in [-0.15, -0.1) is 11.3 Å². The van der Waals surface area contributed by atoms with E-state index >= 15 is 0 Å². The number of aryl methyl sites for hydroxylation is 2. The Morgan fingerprint density at radius 1 is 1.53 bits per heavy atom. The Hall–Kier alpha value is -0.700. The highest BCUT2D eigenvalue weighted by Gasteiger charge is 2.30. The molecule has 0 fully saturated rings. The average molecular weight is 221 g/mol. The maximum absolute atomic E-state index is 5.50. The van der Waals surface area contributed by atoms with E-state index in [9.17, 15) is 0 Å². The van der Waals surface area contributed by atoms with Crippen LogP contribution in [0.1, 0.15) is 22.5 Å². The van der Waals surface area contributed by atoms with E-state index in [4.69, 9.17) is 4.74 Å². The number of aromatic nitrogens is 1. The van der Waals surface area contributed by atoms with Gasteiger partial charge in [-0.2, -0.15) is 0 Å².